The lowest BCUT2D eigenvalue weighted by Gasteiger charge is -2.32. The Hall–Kier alpha value is -1.14. The number of ether oxygens (including phenoxy) is 2. The predicted molar refractivity (Wildman–Crippen MR) is 82.2 cm³/mol. The van der Waals surface area contributed by atoms with Crippen molar-refractivity contribution < 1.29 is 9.47 Å². The van der Waals surface area contributed by atoms with Crippen LogP contribution in [0.5, 0.6) is 5.75 Å². The molecule has 1 aromatic carbocycles. The summed E-state index contributed by atoms with van der Waals surface area (Å²) in [6.45, 7) is 8.10. The number of nitrogens with zero attached hydrogens (tertiary/aromatic N) is 1. The molecule has 0 aromatic heterocycles. The van der Waals surface area contributed by atoms with E-state index in [0.29, 0.717) is 6.54 Å². The third-order valence-electron chi connectivity index (χ3n) is 4.08. The molecule has 2 aliphatic rings. The lowest BCUT2D eigenvalue weighted by atomic mass is 9.98. The average Bonchev–Trinajstić information content (AvgIpc) is 2.79. The molecular weight excluding hydrogens is 266 g/mol. The smallest absolute Gasteiger partial charge is 0.128 e. The van der Waals surface area contributed by atoms with Crippen LogP contribution in [0.2, 0.25) is 0 Å². The summed E-state index contributed by atoms with van der Waals surface area (Å²) in [5, 5.41) is 2.19. The molecular formula is C16H25N3O2. The molecule has 0 amide bonds. The van der Waals surface area contributed by atoms with Crippen LogP contribution in [-0.4, -0.2) is 43.5 Å². The van der Waals surface area contributed by atoms with Crippen LogP contribution in [0.4, 0.5) is 0 Å². The van der Waals surface area contributed by atoms with Crippen molar-refractivity contribution in [1.82, 2.24) is 10.4 Å². The molecule has 0 spiro atoms. The first-order valence-electron chi connectivity index (χ1n) is 7.69. The van der Waals surface area contributed by atoms with E-state index in [9.17, 15) is 0 Å². The maximum absolute atomic E-state index is 6.16. The Labute approximate surface area is 126 Å². The third-order valence-corrected chi connectivity index (χ3v) is 4.08. The molecule has 5 nitrogen and oxygen atoms in total. The summed E-state index contributed by atoms with van der Waals surface area (Å²) in [6, 6.07) is 6.44. The molecule has 21 heavy (non-hydrogen) atoms. The molecule has 1 unspecified atom stereocenters. The molecule has 0 saturated carbocycles. The largest absolute Gasteiger partial charge is 0.487 e. The highest BCUT2D eigenvalue weighted by atomic mass is 16.5. The molecule has 3 N–H and O–H groups in total. The zero-order valence-corrected chi connectivity index (χ0v) is 12.9. The summed E-state index contributed by atoms with van der Waals surface area (Å²) in [5.74, 6) is 1.01. The van der Waals surface area contributed by atoms with Crippen LogP contribution in [-0.2, 0) is 11.2 Å². The molecule has 2 aliphatic heterocycles. The molecule has 3 rings (SSSR count). The Kier molecular flexibility index (Phi) is 4.17. The van der Waals surface area contributed by atoms with Gasteiger partial charge in [-0.2, -0.15) is 0 Å². The van der Waals surface area contributed by atoms with Crippen LogP contribution < -0.4 is 15.9 Å². The molecule has 0 bridgehead atoms. The van der Waals surface area contributed by atoms with Gasteiger partial charge in [-0.3, -0.25) is 0 Å². The molecule has 1 saturated heterocycles. The van der Waals surface area contributed by atoms with Crippen LogP contribution in [0, 0.1) is 0 Å². The van der Waals surface area contributed by atoms with Crippen molar-refractivity contribution in [3.63, 3.8) is 0 Å². The quantitative estimate of drug-likeness (QED) is 0.874. The molecule has 1 aromatic rings. The summed E-state index contributed by atoms with van der Waals surface area (Å²) in [6.07, 6.45) is 0.949. The lowest BCUT2D eigenvalue weighted by Crippen LogP contribution is -2.48. The van der Waals surface area contributed by atoms with Gasteiger partial charge in [-0.1, -0.05) is 18.2 Å². The number of fused-ring (bicyclic) bond motifs is 1. The van der Waals surface area contributed by atoms with Gasteiger partial charge >= 0.3 is 0 Å². The van der Waals surface area contributed by atoms with Crippen LogP contribution in [0.15, 0.2) is 18.2 Å². The molecule has 116 valence electrons. The van der Waals surface area contributed by atoms with E-state index in [-0.39, 0.29) is 11.6 Å². The minimum atomic E-state index is -0.128. The summed E-state index contributed by atoms with van der Waals surface area (Å²) in [7, 11) is 0. The second kappa shape index (κ2) is 5.93. The van der Waals surface area contributed by atoms with E-state index >= 15 is 0 Å². The second-order valence-corrected chi connectivity index (χ2v) is 6.39. The summed E-state index contributed by atoms with van der Waals surface area (Å²) in [5.41, 5.74) is 11.8. The zero-order chi connectivity index (χ0) is 14.9. The van der Waals surface area contributed by atoms with Crippen LogP contribution in [0.1, 0.15) is 31.0 Å². The van der Waals surface area contributed by atoms with Gasteiger partial charge in [0, 0.05) is 31.6 Å². The lowest BCUT2D eigenvalue weighted by molar-refractivity contribution is 0.00370. The molecule has 1 fully saturated rings. The average molecular weight is 291 g/mol. The van der Waals surface area contributed by atoms with Gasteiger partial charge in [0.1, 0.15) is 11.4 Å². The number of hydrogen-bond acceptors (Lipinski definition) is 5. The first-order chi connectivity index (χ1) is 10.1. The molecule has 0 radical (unpaired) electrons. The monoisotopic (exact) mass is 291 g/mol. The fraction of sp³-hybridized carbons (Fsp3) is 0.625. The Balaban J connectivity index is 1.80. The molecule has 1 atom stereocenters. The number of benzene rings is 1. The SMILES string of the molecule is CC1(C)Cc2cccc(C(CN)NN3CCOCC3)c2O1. The maximum Gasteiger partial charge on any atom is 0.128 e. The van der Waals surface area contributed by atoms with E-state index in [1.54, 1.807) is 0 Å². The van der Waals surface area contributed by atoms with Gasteiger partial charge < -0.3 is 15.2 Å². The summed E-state index contributed by atoms with van der Waals surface area (Å²) in [4.78, 5) is 0. The van der Waals surface area contributed by atoms with E-state index in [2.05, 4.69) is 42.5 Å². The molecule has 5 heteroatoms. The fourth-order valence-electron chi connectivity index (χ4n) is 3.08. The van der Waals surface area contributed by atoms with Gasteiger partial charge in [-0.15, -0.1) is 0 Å². The van der Waals surface area contributed by atoms with Crippen LogP contribution in [0.3, 0.4) is 0 Å². The standard InChI is InChI=1S/C16H25N3O2/c1-16(2)10-12-4-3-5-13(15(12)21-16)14(11-17)18-19-6-8-20-9-7-19/h3-5,14,18H,6-11,17H2,1-2H3. The first-order valence-corrected chi connectivity index (χ1v) is 7.69. The van der Waals surface area contributed by atoms with Crippen molar-refractivity contribution >= 4 is 0 Å². The summed E-state index contributed by atoms with van der Waals surface area (Å²) < 4.78 is 11.5. The van der Waals surface area contributed by atoms with E-state index in [1.165, 1.54) is 5.56 Å². The van der Waals surface area contributed by atoms with E-state index in [4.69, 9.17) is 15.2 Å². The third kappa shape index (κ3) is 3.21. The van der Waals surface area contributed by atoms with Crippen LogP contribution in [0.25, 0.3) is 0 Å². The van der Waals surface area contributed by atoms with Crippen LogP contribution >= 0.6 is 0 Å². The Morgan fingerprint density at radius 1 is 1.33 bits per heavy atom. The van der Waals surface area contributed by atoms with Crippen molar-refractivity contribution in [2.24, 2.45) is 5.73 Å². The number of nitrogens with one attached hydrogen (secondary N) is 1. The predicted octanol–water partition coefficient (Wildman–Crippen LogP) is 1.24. The van der Waals surface area contributed by atoms with E-state index in [1.807, 2.05) is 0 Å². The fourth-order valence-corrected chi connectivity index (χ4v) is 3.08. The highest BCUT2D eigenvalue weighted by molar-refractivity contribution is 5.47. The Morgan fingerprint density at radius 3 is 2.81 bits per heavy atom. The van der Waals surface area contributed by atoms with Gasteiger partial charge in [-0.05, 0) is 19.4 Å². The minimum absolute atomic E-state index is 0.0759. The van der Waals surface area contributed by atoms with E-state index in [0.717, 1.165) is 44.0 Å². The summed E-state index contributed by atoms with van der Waals surface area (Å²) >= 11 is 0. The van der Waals surface area contributed by atoms with Crippen molar-refractivity contribution in [2.75, 3.05) is 32.8 Å². The highest BCUT2D eigenvalue weighted by Crippen LogP contribution is 2.39. The Bertz CT molecular complexity index is 498. The Morgan fingerprint density at radius 2 is 2.10 bits per heavy atom. The van der Waals surface area contributed by atoms with Gasteiger partial charge in [0.2, 0.25) is 0 Å². The number of rotatable bonds is 4. The van der Waals surface area contributed by atoms with Gasteiger partial charge in [-0.25, -0.2) is 10.4 Å². The van der Waals surface area contributed by atoms with Crippen molar-refractivity contribution in [3.8, 4) is 5.75 Å². The number of para-hydroxylation sites is 1. The van der Waals surface area contributed by atoms with Gasteiger partial charge in [0.15, 0.2) is 0 Å². The number of hydrogen-bond donors (Lipinski definition) is 2. The van der Waals surface area contributed by atoms with E-state index < -0.39 is 0 Å². The van der Waals surface area contributed by atoms with Gasteiger partial charge in [0.25, 0.3) is 0 Å². The zero-order valence-electron chi connectivity index (χ0n) is 12.9. The topological polar surface area (TPSA) is 59.8 Å². The number of nitrogens with two attached hydrogens (primary N) is 1. The maximum atomic E-state index is 6.16. The molecule has 0 aliphatic carbocycles. The van der Waals surface area contributed by atoms with Crippen molar-refractivity contribution in [1.29, 1.82) is 0 Å². The normalized spacial score (nSPS) is 22.6. The second-order valence-electron chi connectivity index (χ2n) is 6.39. The molecule has 2 heterocycles. The highest BCUT2D eigenvalue weighted by Gasteiger charge is 2.33. The van der Waals surface area contributed by atoms with Crippen molar-refractivity contribution in [3.05, 3.63) is 29.3 Å². The number of morpholine rings is 1. The minimum Gasteiger partial charge on any atom is -0.487 e. The van der Waals surface area contributed by atoms with Gasteiger partial charge in [0.05, 0.1) is 19.3 Å². The number of hydrazine groups is 1. The van der Waals surface area contributed by atoms with Crippen molar-refractivity contribution in [2.45, 2.75) is 31.9 Å². The first kappa shape index (κ1) is 14.8.